The van der Waals surface area contributed by atoms with Crippen LogP contribution >= 0.6 is 0 Å². The summed E-state index contributed by atoms with van der Waals surface area (Å²) < 4.78 is 2.45. The van der Waals surface area contributed by atoms with Gasteiger partial charge in [0.05, 0.1) is 12.1 Å². The van der Waals surface area contributed by atoms with Gasteiger partial charge in [-0.25, -0.2) is 9.98 Å². The molecule has 1 aliphatic carbocycles. The molecule has 1 heterocycles. The highest BCUT2D eigenvalue weighted by molar-refractivity contribution is 6.17. The fourth-order valence-corrected chi connectivity index (χ4v) is 8.68. The number of fused-ring (bicyclic) bond motifs is 5. The predicted molar refractivity (Wildman–Crippen MR) is 255 cm³/mol. The third-order valence-corrected chi connectivity index (χ3v) is 11.6. The molecule has 9 aromatic rings. The molecule has 0 unspecified atom stereocenters. The maximum absolute atomic E-state index is 5.09. The van der Waals surface area contributed by atoms with E-state index in [9.17, 15) is 0 Å². The van der Waals surface area contributed by atoms with E-state index in [-0.39, 0.29) is 0 Å². The summed E-state index contributed by atoms with van der Waals surface area (Å²) in [6, 6.07) is 64.2. The molecule has 0 radical (unpaired) electrons. The molecule has 10 rings (SSSR count). The summed E-state index contributed by atoms with van der Waals surface area (Å²) in [4.78, 5) is 16.9. The number of nitrogens with zero attached hydrogens (tertiary/aromatic N) is 5. The lowest BCUT2D eigenvalue weighted by Gasteiger charge is -2.24. The van der Waals surface area contributed by atoms with Crippen molar-refractivity contribution in [2.45, 2.75) is 19.4 Å². The van der Waals surface area contributed by atoms with Gasteiger partial charge in [0.2, 0.25) is 0 Å². The Labute approximate surface area is 350 Å². The zero-order valence-electron chi connectivity index (χ0n) is 33.5. The fourth-order valence-electron chi connectivity index (χ4n) is 8.68. The zero-order valence-corrected chi connectivity index (χ0v) is 33.5. The molecule has 0 saturated heterocycles. The minimum Gasteiger partial charge on any atom is -0.344 e. The summed E-state index contributed by atoms with van der Waals surface area (Å²) in [6.45, 7) is 4.49. The second-order valence-electron chi connectivity index (χ2n) is 15.2. The van der Waals surface area contributed by atoms with Crippen molar-refractivity contribution in [2.75, 3.05) is 11.9 Å². The van der Waals surface area contributed by atoms with Crippen molar-refractivity contribution in [3.63, 3.8) is 0 Å². The number of amidine groups is 2. The summed E-state index contributed by atoms with van der Waals surface area (Å²) in [5.41, 5.74) is 9.93. The molecule has 60 heavy (non-hydrogen) atoms. The van der Waals surface area contributed by atoms with Crippen LogP contribution in [0, 0.1) is 0 Å². The maximum atomic E-state index is 5.09. The SMILES string of the molecule is C=NC(=NC(=NCc1ccccc1)c1ccccc1)c1cccc2cc(-n3c4c(c5ccc(-c6c(N(C)c7ccccc7)ccc7ccccc67)cc53)=CCCC=4)ccc12. The van der Waals surface area contributed by atoms with E-state index in [4.69, 9.17) is 9.98 Å². The van der Waals surface area contributed by atoms with Crippen LogP contribution in [-0.4, -0.2) is 30.0 Å². The van der Waals surface area contributed by atoms with Gasteiger partial charge in [-0.2, -0.15) is 0 Å². The van der Waals surface area contributed by atoms with Crippen LogP contribution in [0.2, 0.25) is 0 Å². The van der Waals surface area contributed by atoms with E-state index in [0.29, 0.717) is 18.2 Å². The van der Waals surface area contributed by atoms with Crippen LogP contribution < -0.4 is 15.5 Å². The molecule has 1 aliphatic rings. The Morgan fingerprint density at radius 1 is 0.617 bits per heavy atom. The molecule has 0 atom stereocenters. The highest BCUT2D eigenvalue weighted by Crippen LogP contribution is 2.41. The van der Waals surface area contributed by atoms with Gasteiger partial charge in [0, 0.05) is 56.8 Å². The molecule has 1 aromatic heterocycles. The zero-order chi connectivity index (χ0) is 40.4. The van der Waals surface area contributed by atoms with E-state index in [1.54, 1.807) is 0 Å². The Morgan fingerprint density at radius 2 is 1.33 bits per heavy atom. The third kappa shape index (κ3) is 6.80. The van der Waals surface area contributed by atoms with Crippen molar-refractivity contribution in [3.05, 3.63) is 209 Å². The van der Waals surface area contributed by atoms with Crippen molar-refractivity contribution < 1.29 is 0 Å². The second-order valence-corrected chi connectivity index (χ2v) is 15.2. The maximum Gasteiger partial charge on any atom is 0.161 e. The predicted octanol–water partition coefficient (Wildman–Crippen LogP) is 11.8. The van der Waals surface area contributed by atoms with Crippen molar-refractivity contribution in [2.24, 2.45) is 15.0 Å². The molecule has 5 nitrogen and oxygen atoms in total. The van der Waals surface area contributed by atoms with Gasteiger partial charge in [-0.15, -0.1) is 0 Å². The first-order valence-corrected chi connectivity index (χ1v) is 20.5. The van der Waals surface area contributed by atoms with Gasteiger partial charge in [-0.05, 0) is 88.6 Å². The lowest BCUT2D eigenvalue weighted by Crippen LogP contribution is -2.30. The summed E-state index contributed by atoms with van der Waals surface area (Å²) in [6.07, 6.45) is 6.83. The van der Waals surface area contributed by atoms with E-state index in [1.807, 2.05) is 48.5 Å². The quantitative estimate of drug-likeness (QED) is 0.112. The standard InChI is InChI=1S/C55H43N5/c1-56-55(58-54(40-20-8-4-9-21-40)57-37-38-17-6-3-7-18-38)49-27-16-22-41-35-44(31-33-45(41)49)60-50-28-15-14-26-47(50)48-32-29-42(36-52(48)60)53-46-25-13-12-19-39(46)30-34-51(53)59(2)43-23-10-5-11-24-43/h3-13,16-36H,1,14-15,37H2,2H3. The van der Waals surface area contributed by atoms with E-state index in [1.165, 1.54) is 43.4 Å². The van der Waals surface area contributed by atoms with Gasteiger partial charge < -0.3 is 9.47 Å². The molecular weight excluding hydrogens is 731 g/mol. The average molecular weight is 774 g/mol. The largest absolute Gasteiger partial charge is 0.344 e. The van der Waals surface area contributed by atoms with E-state index >= 15 is 0 Å². The van der Waals surface area contributed by atoms with Crippen LogP contribution in [0.5, 0.6) is 0 Å². The van der Waals surface area contributed by atoms with Crippen LogP contribution in [0.15, 0.2) is 197 Å². The van der Waals surface area contributed by atoms with Gasteiger partial charge in [0.1, 0.15) is 0 Å². The monoisotopic (exact) mass is 773 g/mol. The van der Waals surface area contributed by atoms with Gasteiger partial charge in [-0.1, -0.05) is 158 Å². The average Bonchev–Trinajstić information content (AvgIpc) is 3.65. The number of aliphatic imine (C=N–C) groups is 3. The fraction of sp³-hybridized carbons (Fsp3) is 0.0727. The number of rotatable bonds is 8. The van der Waals surface area contributed by atoms with Crippen molar-refractivity contribution >= 4 is 74.4 Å². The molecule has 0 saturated carbocycles. The van der Waals surface area contributed by atoms with Crippen LogP contribution in [0.1, 0.15) is 29.5 Å². The van der Waals surface area contributed by atoms with Crippen molar-refractivity contribution in [3.8, 4) is 16.8 Å². The van der Waals surface area contributed by atoms with E-state index in [0.717, 1.165) is 57.4 Å². The summed E-state index contributed by atoms with van der Waals surface area (Å²) in [7, 11) is 2.16. The van der Waals surface area contributed by atoms with Gasteiger partial charge in [0.15, 0.2) is 11.7 Å². The first-order valence-electron chi connectivity index (χ1n) is 20.5. The molecule has 0 spiro atoms. The third-order valence-electron chi connectivity index (χ3n) is 11.6. The molecule has 0 bridgehead atoms. The van der Waals surface area contributed by atoms with Gasteiger partial charge in [0.25, 0.3) is 0 Å². The molecule has 0 amide bonds. The molecule has 8 aromatic carbocycles. The lowest BCUT2D eigenvalue weighted by molar-refractivity contribution is 1.03. The van der Waals surface area contributed by atoms with Crippen molar-refractivity contribution in [1.29, 1.82) is 0 Å². The minimum atomic E-state index is 0.509. The Morgan fingerprint density at radius 3 is 2.15 bits per heavy atom. The lowest BCUT2D eigenvalue weighted by atomic mass is 9.94. The van der Waals surface area contributed by atoms with Gasteiger partial charge >= 0.3 is 0 Å². The highest BCUT2D eigenvalue weighted by Gasteiger charge is 2.19. The topological polar surface area (TPSA) is 45.2 Å². The first kappa shape index (κ1) is 36.7. The number of benzene rings is 8. The van der Waals surface area contributed by atoms with Gasteiger partial charge in [-0.3, -0.25) is 4.99 Å². The van der Waals surface area contributed by atoms with Crippen LogP contribution in [-0.2, 0) is 6.54 Å². The molecule has 288 valence electrons. The van der Waals surface area contributed by atoms with Crippen molar-refractivity contribution in [1.82, 2.24) is 4.57 Å². The summed E-state index contributed by atoms with van der Waals surface area (Å²) in [5, 5.41) is 8.38. The molecule has 0 N–H and O–H groups in total. The number of aromatic nitrogens is 1. The minimum absolute atomic E-state index is 0.509. The Hall–Kier alpha value is -7.63. The van der Waals surface area contributed by atoms with Crippen LogP contribution in [0.4, 0.5) is 11.4 Å². The van der Waals surface area contributed by atoms with Crippen LogP contribution in [0.3, 0.4) is 0 Å². The Bertz CT molecular complexity index is 3250. The normalized spacial score (nSPS) is 12.9. The summed E-state index contributed by atoms with van der Waals surface area (Å²) >= 11 is 0. The number of para-hydroxylation sites is 1. The number of hydrogen-bond acceptors (Lipinski definition) is 2. The Kier molecular flexibility index (Phi) is 9.76. The highest BCUT2D eigenvalue weighted by atomic mass is 15.1. The first-order chi connectivity index (χ1) is 29.6. The van der Waals surface area contributed by atoms with Crippen LogP contribution in [0.25, 0.3) is 61.4 Å². The summed E-state index contributed by atoms with van der Waals surface area (Å²) in [5.74, 6) is 1.15. The molecule has 5 heteroatoms. The smallest absolute Gasteiger partial charge is 0.161 e. The van der Waals surface area contributed by atoms with E-state index in [2.05, 4.69) is 174 Å². The number of anilines is 2. The Balaban J connectivity index is 1.12. The van der Waals surface area contributed by atoms with E-state index < -0.39 is 0 Å². The number of hydrogen-bond donors (Lipinski definition) is 0. The molecule has 0 aliphatic heterocycles. The molecule has 0 fully saturated rings. The second kappa shape index (κ2) is 16.0. The molecular formula is C55H43N5.